The number of hydrogen-bond donors (Lipinski definition) is 0. The number of carbonyl (C=O) groups is 1. The molecule has 132 valence electrons. The van der Waals surface area contributed by atoms with E-state index < -0.39 is 0 Å². The van der Waals surface area contributed by atoms with Crippen molar-refractivity contribution in [3.63, 3.8) is 0 Å². The van der Waals surface area contributed by atoms with Gasteiger partial charge in [-0.3, -0.25) is 4.79 Å². The lowest BCUT2D eigenvalue weighted by atomic mass is 9.92. The van der Waals surface area contributed by atoms with E-state index in [2.05, 4.69) is 24.2 Å². The second-order valence-electron chi connectivity index (χ2n) is 7.24. The highest BCUT2D eigenvalue weighted by Crippen LogP contribution is 2.36. The van der Waals surface area contributed by atoms with E-state index in [-0.39, 0.29) is 11.5 Å². The number of amides is 1. The first-order valence-corrected chi connectivity index (χ1v) is 9.08. The molecule has 25 heavy (non-hydrogen) atoms. The Balaban J connectivity index is 1.45. The summed E-state index contributed by atoms with van der Waals surface area (Å²) in [7, 11) is 0. The van der Waals surface area contributed by atoms with Gasteiger partial charge in [0.25, 0.3) is 0 Å². The molecule has 1 spiro atoms. The highest BCUT2D eigenvalue weighted by atomic mass is 16.5. The zero-order valence-electron chi connectivity index (χ0n) is 14.7. The summed E-state index contributed by atoms with van der Waals surface area (Å²) >= 11 is 0. The van der Waals surface area contributed by atoms with Crippen LogP contribution in [0.1, 0.15) is 43.4 Å². The molecular weight excluding hydrogens is 316 g/mol. The molecule has 5 heteroatoms. The van der Waals surface area contributed by atoms with Crippen LogP contribution >= 0.6 is 0 Å². The van der Waals surface area contributed by atoms with E-state index in [0.29, 0.717) is 13.0 Å². The van der Waals surface area contributed by atoms with Crippen molar-refractivity contribution in [2.45, 2.75) is 51.2 Å². The molecule has 3 heterocycles. The number of nitrogens with zero attached hydrogens (tertiary/aromatic N) is 2. The van der Waals surface area contributed by atoms with Gasteiger partial charge in [-0.05, 0) is 32.6 Å². The van der Waals surface area contributed by atoms with E-state index in [0.717, 1.165) is 55.9 Å². The maximum atomic E-state index is 12.5. The molecule has 0 unspecified atom stereocenters. The summed E-state index contributed by atoms with van der Waals surface area (Å²) in [5.41, 5.74) is 2.98. The number of aromatic nitrogens is 1. The maximum absolute atomic E-state index is 12.5. The average molecular weight is 340 g/mol. The maximum Gasteiger partial charge on any atom is 0.223 e. The van der Waals surface area contributed by atoms with Crippen LogP contribution in [0.15, 0.2) is 34.9 Å². The second-order valence-corrected chi connectivity index (χ2v) is 7.24. The van der Waals surface area contributed by atoms with Crippen LogP contribution < -0.4 is 0 Å². The number of aryl methyl sites for hydroxylation is 1. The van der Waals surface area contributed by atoms with Gasteiger partial charge in [0.2, 0.25) is 5.91 Å². The molecule has 2 fully saturated rings. The largest absolute Gasteiger partial charge is 0.375 e. The summed E-state index contributed by atoms with van der Waals surface area (Å²) in [6.07, 6.45) is 4.49. The third-order valence-electron chi connectivity index (χ3n) is 5.42. The molecule has 5 nitrogen and oxygen atoms in total. The molecule has 0 bridgehead atoms. The number of ether oxygens (including phenoxy) is 1. The first-order valence-electron chi connectivity index (χ1n) is 9.08. The van der Waals surface area contributed by atoms with Crippen LogP contribution in [-0.2, 0) is 16.1 Å². The quantitative estimate of drug-likeness (QED) is 0.855. The Hall–Kier alpha value is -2.14. The minimum atomic E-state index is -0.0706. The number of carbonyl (C=O) groups excluding carboxylic acids is 1. The summed E-state index contributed by atoms with van der Waals surface area (Å²) < 4.78 is 11.4. The normalized spacial score (nSPS) is 24.0. The summed E-state index contributed by atoms with van der Waals surface area (Å²) in [5, 5.41) is 4.16. The minimum Gasteiger partial charge on any atom is -0.375 e. The van der Waals surface area contributed by atoms with Crippen LogP contribution in [0.5, 0.6) is 0 Å². The van der Waals surface area contributed by atoms with Crippen LogP contribution in [0.2, 0.25) is 0 Å². The van der Waals surface area contributed by atoms with E-state index in [4.69, 9.17) is 9.26 Å². The van der Waals surface area contributed by atoms with Gasteiger partial charge >= 0.3 is 0 Å². The van der Waals surface area contributed by atoms with Gasteiger partial charge in [0.1, 0.15) is 5.69 Å². The first-order chi connectivity index (χ1) is 12.1. The standard InChI is InChI=1S/C20H24N2O3/c1-15-3-5-16(6-4-15)18-13-17(25-21-18)14-22-11-10-20(8-2-12-24-20)9-7-19(22)23/h3-6,13H,2,7-12,14H2,1H3/t20-/m1/s1. The molecule has 0 aliphatic carbocycles. The third-order valence-corrected chi connectivity index (χ3v) is 5.42. The predicted octanol–water partition coefficient (Wildman–Crippen LogP) is 3.71. The van der Waals surface area contributed by atoms with Crippen LogP contribution in [0.25, 0.3) is 11.3 Å². The Morgan fingerprint density at radius 2 is 2.04 bits per heavy atom. The summed E-state index contributed by atoms with van der Waals surface area (Å²) in [4.78, 5) is 14.4. The van der Waals surface area contributed by atoms with Crippen molar-refractivity contribution in [3.8, 4) is 11.3 Å². The van der Waals surface area contributed by atoms with E-state index in [9.17, 15) is 4.79 Å². The summed E-state index contributed by atoms with van der Waals surface area (Å²) in [5.74, 6) is 0.910. The van der Waals surface area contributed by atoms with Gasteiger partial charge in [-0.15, -0.1) is 0 Å². The Labute approximate surface area is 147 Å². The lowest BCUT2D eigenvalue weighted by Crippen LogP contribution is -2.31. The Bertz CT molecular complexity index is 745. The molecule has 1 amide bonds. The first kappa shape index (κ1) is 16.3. The van der Waals surface area contributed by atoms with Crippen molar-refractivity contribution in [1.29, 1.82) is 0 Å². The van der Waals surface area contributed by atoms with Gasteiger partial charge in [-0.1, -0.05) is 35.0 Å². The fourth-order valence-electron chi connectivity index (χ4n) is 3.83. The van der Waals surface area contributed by atoms with Gasteiger partial charge in [0.05, 0.1) is 12.1 Å². The molecule has 0 N–H and O–H groups in total. The zero-order chi connectivity index (χ0) is 17.3. The number of hydrogen-bond acceptors (Lipinski definition) is 4. The number of rotatable bonds is 3. The third kappa shape index (κ3) is 3.47. The van der Waals surface area contributed by atoms with Crippen LogP contribution in [-0.4, -0.2) is 34.7 Å². The fourth-order valence-corrected chi connectivity index (χ4v) is 3.83. The zero-order valence-corrected chi connectivity index (χ0v) is 14.7. The number of benzene rings is 1. The Morgan fingerprint density at radius 1 is 1.20 bits per heavy atom. The van der Waals surface area contributed by atoms with Crippen LogP contribution in [0.3, 0.4) is 0 Å². The smallest absolute Gasteiger partial charge is 0.223 e. The predicted molar refractivity (Wildman–Crippen MR) is 93.9 cm³/mol. The molecule has 0 saturated carbocycles. The van der Waals surface area contributed by atoms with E-state index in [1.807, 2.05) is 23.1 Å². The Morgan fingerprint density at radius 3 is 2.80 bits per heavy atom. The van der Waals surface area contributed by atoms with Crippen molar-refractivity contribution in [3.05, 3.63) is 41.7 Å². The van der Waals surface area contributed by atoms with Crippen molar-refractivity contribution >= 4 is 5.91 Å². The average Bonchev–Trinajstić information content (AvgIpc) is 3.24. The lowest BCUT2D eigenvalue weighted by Gasteiger charge is -2.26. The highest BCUT2D eigenvalue weighted by Gasteiger charge is 2.38. The molecule has 1 aromatic heterocycles. The molecule has 2 aliphatic rings. The Kier molecular flexibility index (Phi) is 4.34. The van der Waals surface area contributed by atoms with Gasteiger partial charge in [-0.25, -0.2) is 0 Å². The molecule has 2 aliphatic heterocycles. The number of likely N-dealkylation sites (tertiary alicyclic amines) is 1. The topological polar surface area (TPSA) is 55.6 Å². The van der Waals surface area contributed by atoms with Gasteiger partial charge in [-0.2, -0.15) is 0 Å². The van der Waals surface area contributed by atoms with Gasteiger partial charge < -0.3 is 14.2 Å². The van der Waals surface area contributed by atoms with Crippen molar-refractivity contribution in [2.24, 2.45) is 0 Å². The molecule has 2 aromatic rings. The molecular formula is C20H24N2O3. The molecule has 4 rings (SSSR count). The summed E-state index contributed by atoms with van der Waals surface area (Å²) in [6.45, 7) is 4.09. The van der Waals surface area contributed by atoms with E-state index in [1.165, 1.54) is 5.56 Å². The van der Waals surface area contributed by atoms with Crippen molar-refractivity contribution in [1.82, 2.24) is 10.1 Å². The SMILES string of the molecule is Cc1ccc(-c2cc(CN3CC[C@@]4(CCCO4)CCC3=O)on2)cc1. The van der Waals surface area contributed by atoms with Crippen molar-refractivity contribution < 1.29 is 14.1 Å². The van der Waals surface area contributed by atoms with Gasteiger partial charge in [0, 0.05) is 31.2 Å². The molecule has 2 saturated heterocycles. The minimum absolute atomic E-state index is 0.0706. The second kappa shape index (κ2) is 6.64. The molecule has 1 aromatic carbocycles. The van der Waals surface area contributed by atoms with Crippen molar-refractivity contribution in [2.75, 3.05) is 13.2 Å². The monoisotopic (exact) mass is 340 g/mol. The summed E-state index contributed by atoms with van der Waals surface area (Å²) in [6, 6.07) is 10.1. The van der Waals surface area contributed by atoms with E-state index >= 15 is 0 Å². The van der Waals surface area contributed by atoms with Crippen LogP contribution in [0.4, 0.5) is 0 Å². The molecule has 1 atom stereocenters. The lowest BCUT2D eigenvalue weighted by molar-refractivity contribution is -0.131. The fraction of sp³-hybridized carbons (Fsp3) is 0.500. The molecule has 0 radical (unpaired) electrons. The van der Waals surface area contributed by atoms with Gasteiger partial charge in [0.15, 0.2) is 5.76 Å². The van der Waals surface area contributed by atoms with E-state index in [1.54, 1.807) is 0 Å². The highest BCUT2D eigenvalue weighted by molar-refractivity contribution is 5.76. The van der Waals surface area contributed by atoms with Crippen LogP contribution in [0, 0.1) is 6.92 Å².